The standard InChI is InChI=1S/C21H34N2O3/c1-3-26-20(25)23-6-4-18(5-7-23)19(24)22-14(2)21-11-15-8-16(12-21)10-17(9-15)13-21/h14-18H,3-13H2,1-2H3,(H,22,24). The highest BCUT2D eigenvalue weighted by Gasteiger charge is 2.53. The summed E-state index contributed by atoms with van der Waals surface area (Å²) in [5.74, 6) is 2.98. The lowest BCUT2D eigenvalue weighted by molar-refractivity contribution is -0.131. The van der Waals surface area contributed by atoms with E-state index in [0.717, 1.165) is 30.6 Å². The van der Waals surface area contributed by atoms with Crippen molar-refractivity contribution in [2.45, 2.75) is 71.3 Å². The van der Waals surface area contributed by atoms with Gasteiger partial charge in [0.25, 0.3) is 0 Å². The number of likely N-dealkylation sites (tertiary alicyclic amines) is 1. The molecule has 0 aromatic rings. The molecule has 4 aliphatic carbocycles. The van der Waals surface area contributed by atoms with Gasteiger partial charge in [-0.1, -0.05) is 0 Å². The fourth-order valence-corrected chi connectivity index (χ4v) is 6.73. The van der Waals surface area contributed by atoms with Crippen molar-refractivity contribution in [1.29, 1.82) is 0 Å². The Morgan fingerprint density at radius 1 is 1.08 bits per heavy atom. The molecule has 1 saturated heterocycles. The van der Waals surface area contributed by atoms with Crippen molar-refractivity contribution in [1.82, 2.24) is 10.2 Å². The van der Waals surface area contributed by atoms with Crippen LogP contribution in [0.25, 0.3) is 0 Å². The lowest BCUT2D eigenvalue weighted by Gasteiger charge is -2.59. The minimum absolute atomic E-state index is 0.0389. The van der Waals surface area contributed by atoms with Gasteiger partial charge in [-0.2, -0.15) is 0 Å². The van der Waals surface area contributed by atoms with Gasteiger partial charge in [0.15, 0.2) is 0 Å². The van der Waals surface area contributed by atoms with Gasteiger partial charge in [-0.15, -0.1) is 0 Å². The smallest absolute Gasteiger partial charge is 0.409 e. The van der Waals surface area contributed by atoms with E-state index in [2.05, 4.69) is 12.2 Å². The average molecular weight is 363 g/mol. The van der Waals surface area contributed by atoms with Crippen LogP contribution in [-0.2, 0) is 9.53 Å². The second-order valence-corrected chi connectivity index (χ2v) is 9.47. The zero-order valence-electron chi connectivity index (χ0n) is 16.3. The Kier molecular flexibility index (Phi) is 4.91. The topological polar surface area (TPSA) is 58.6 Å². The van der Waals surface area contributed by atoms with Crippen molar-refractivity contribution in [2.75, 3.05) is 19.7 Å². The number of rotatable bonds is 4. The number of piperidine rings is 1. The molecule has 5 aliphatic rings. The molecule has 0 spiro atoms. The first-order chi connectivity index (χ1) is 12.5. The van der Waals surface area contributed by atoms with Crippen LogP contribution in [0, 0.1) is 29.1 Å². The Labute approximate surface area is 157 Å². The summed E-state index contributed by atoms with van der Waals surface area (Å²) in [6.45, 7) is 5.73. The molecular formula is C21H34N2O3. The molecule has 5 rings (SSSR count). The first kappa shape index (κ1) is 18.1. The minimum Gasteiger partial charge on any atom is -0.450 e. The van der Waals surface area contributed by atoms with Gasteiger partial charge < -0.3 is 15.0 Å². The maximum atomic E-state index is 12.9. The number of hydrogen-bond donors (Lipinski definition) is 1. The van der Waals surface area contributed by atoms with Crippen molar-refractivity contribution in [3.05, 3.63) is 0 Å². The number of amides is 2. The summed E-state index contributed by atoms with van der Waals surface area (Å²) in [5, 5.41) is 3.40. The highest BCUT2D eigenvalue weighted by molar-refractivity contribution is 5.79. The molecule has 1 atom stereocenters. The lowest BCUT2D eigenvalue weighted by atomic mass is 9.48. The molecule has 1 N–H and O–H groups in total. The summed E-state index contributed by atoms with van der Waals surface area (Å²) >= 11 is 0. The molecule has 26 heavy (non-hydrogen) atoms. The number of nitrogens with one attached hydrogen (secondary N) is 1. The maximum absolute atomic E-state index is 12.9. The van der Waals surface area contributed by atoms with Crippen LogP contribution >= 0.6 is 0 Å². The van der Waals surface area contributed by atoms with E-state index in [1.807, 2.05) is 6.92 Å². The summed E-state index contributed by atoms with van der Waals surface area (Å²) < 4.78 is 5.07. The zero-order valence-corrected chi connectivity index (χ0v) is 16.3. The van der Waals surface area contributed by atoms with E-state index in [1.54, 1.807) is 4.90 Å². The van der Waals surface area contributed by atoms with Gasteiger partial charge in [0.05, 0.1) is 6.61 Å². The molecule has 146 valence electrons. The predicted molar refractivity (Wildman–Crippen MR) is 99.5 cm³/mol. The molecule has 4 saturated carbocycles. The van der Waals surface area contributed by atoms with Crippen molar-refractivity contribution in [3.8, 4) is 0 Å². The van der Waals surface area contributed by atoms with E-state index in [0.29, 0.717) is 25.1 Å². The molecule has 5 fully saturated rings. The molecule has 2 amide bonds. The zero-order chi connectivity index (χ0) is 18.3. The number of ether oxygens (including phenoxy) is 1. The Bertz CT molecular complexity index is 518. The van der Waals surface area contributed by atoms with E-state index < -0.39 is 0 Å². The summed E-state index contributed by atoms with van der Waals surface area (Å²) in [7, 11) is 0. The van der Waals surface area contributed by atoms with Gasteiger partial charge >= 0.3 is 6.09 Å². The predicted octanol–water partition coefficient (Wildman–Crippen LogP) is 3.58. The number of hydrogen-bond acceptors (Lipinski definition) is 3. The van der Waals surface area contributed by atoms with Crippen LogP contribution in [0.1, 0.15) is 65.2 Å². The molecule has 4 bridgehead atoms. The third-order valence-electron chi connectivity index (χ3n) is 7.75. The Balaban J connectivity index is 1.31. The monoisotopic (exact) mass is 362 g/mol. The van der Waals surface area contributed by atoms with Crippen molar-refractivity contribution in [2.24, 2.45) is 29.1 Å². The third kappa shape index (κ3) is 3.34. The first-order valence-corrected chi connectivity index (χ1v) is 10.7. The second-order valence-electron chi connectivity index (χ2n) is 9.47. The van der Waals surface area contributed by atoms with E-state index in [4.69, 9.17) is 4.74 Å². The average Bonchev–Trinajstić information content (AvgIpc) is 2.61. The van der Waals surface area contributed by atoms with E-state index in [9.17, 15) is 9.59 Å². The third-order valence-corrected chi connectivity index (χ3v) is 7.75. The fraction of sp³-hybridized carbons (Fsp3) is 0.905. The molecular weight excluding hydrogens is 328 g/mol. The first-order valence-electron chi connectivity index (χ1n) is 10.7. The van der Waals surface area contributed by atoms with Crippen LogP contribution in [0.5, 0.6) is 0 Å². The van der Waals surface area contributed by atoms with Gasteiger partial charge in [-0.3, -0.25) is 4.79 Å². The summed E-state index contributed by atoms with van der Waals surface area (Å²) in [4.78, 5) is 26.4. The van der Waals surface area contributed by atoms with Gasteiger partial charge in [-0.05, 0) is 88.4 Å². The quantitative estimate of drug-likeness (QED) is 0.832. The minimum atomic E-state index is -0.242. The van der Waals surface area contributed by atoms with Gasteiger partial charge in [0.1, 0.15) is 0 Å². The molecule has 5 heteroatoms. The Morgan fingerprint density at radius 2 is 1.62 bits per heavy atom. The number of nitrogens with zero attached hydrogens (tertiary/aromatic N) is 1. The number of carbonyl (C=O) groups excluding carboxylic acids is 2. The Morgan fingerprint density at radius 3 is 2.12 bits per heavy atom. The van der Waals surface area contributed by atoms with E-state index >= 15 is 0 Å². The van der Waals surface area contributed by atoms with Crippen molar-refractivity contribution >= 4 is 12.0 Å². The summed E-state index contributed by atoms with van der Waals surface area (Å²) in [6, 6.07) is 0.284. The molecule has 0 aromatic carbocycles. The molecule has 0 aromatic heterocycles. The van der Waals surface area contributed by atoms with E-state index in [-0.39, 0.29) is 24.0 Å². The largest absolute Gasteiger partial charge is 0.450 e. The summed E-state index contributed by atoms with van der Waals surface area (Å²) in [6.07, 6.45) is 9.53. The fourth-order valence-electron chi connectivity index (χ4n) is 6.73. The Hall–Kier alpha value is -1.26. The lowest BCUT2D eigenvalue weighted by Crippen LogP contribution is -2.57. The summed E-state index contributed by atoms with van der Waals surface area (Å²) in [5.41, 5.74) is 0.357. The second kappa shape index (κ2) is 7.05. The molecule has 0 radical (unpaired) electrons. The molecule has 1 unspecified atom stereocenters. The van der Waals surface area contributed by atoms with Crippen molar-refractivity contribution in [3.63, 3.8) is 0 Å². The molecule has 1 aliphatic heterocycles. The van der Waals surface area contributed by atoms with Crippen LogP contribution in [-0.4, -0.2) is 42.6 Å². The van der Waals surface area contributed by atoms with Crippen LogP contribution in [0.4, 0.5) is 4.79 Å². The van der Waals surface area contributed by atoms with Gasteiger partial charge in [0.2, 0.25) is 5.91 Å². The SMILES string of the molecule is CCOC(=O)N1CCC(C(=O)NC(C)C23CC4CC(CC(C4)C2)C3)CC1. The van der Waals surface area contributed by atoms with Gasteiger partial charge in [0, 0.05) is 25.0 Å². The number of carbonyl (C=O) groups is 2. The normalized spacial score (nSPS) is 37.5. The molecule has 1 heterocycles. The molecule has 5 nitrogen and oxygen atoms in total. The van der Waals surface area contributed by atoms with E-state index in [1.165, 1.54) is 38.5 Å². The van der Waals surface area contributed by atoms with Crippen LogP contribution in [0.15, 0.2) is 0 Å². The van der Waals surface area contributed by atoms with Crippen molar-refractivity contribution < 1.29 is 14.3 Å². The highest BCUT2D eigenvalue weighted by atomic mass is 16.6. The maximum Gasteiger partial charge on any atom is 0.409 e. The van der Waals surface area contributed by atoms with Crippen LogP contribution in [0.3, 0.4) is 0 Å². The van der Waals surface area contributed by atoms with Gasteiger partial charge in [-0.25, -0.2) is 4.79 Å². The highest BCUT2D eigenvalue weighted by Crippen LogP contribution is 2.61. The van der Waals surface area contributed by atoms with Crippen LogP contribution < -0.4 is 5.32 Å². The van der Waals surface area contributed by atoms with Crippen LogP contribution in [0.2, 0.25) is 0 Å².